The summed E-state index contributed by atoms with van der Waals surface area (Å²) in [5, 5.41) is 4.19. The Bertz CT molecular complexity index is 792. The van der Waals surface area contributed by atoms with Gasteiger partial charge in [-0.25, -0.2) is 4.39 Å². The molecule has 3 N–H and O–H groups in total. The minimum absolute atomic E-state index is 0.0971. The van der Waals surface area contributed by atoms with Crippen LogP contribution in [0.25, 0.3) is 0 Å². The molecule has 0 aromatic heterocycles. The van der Waals surface area contributed by atoms with E-state index in [1.807, 2.05) is 6.07 Å². The lowest BCUT2D eigenvalue weighted by Crippen LogP contribution is -2.45. The van der Waals surface area contributed by atoms with Crippen LogP contribution < -0.4 is 21.0 Å². The lowest BCUT2D eigenvalue weighted by molar-refractivity contribution is 0.202. The third-order valence-corrected chi connectivity index (χ3v) is 7.04. The standard InChI is InChI=1S/C22H33FN6S/c1-27-8-10-28(11-9-27)20-13-21(19(23)12-18(20)14-25-26-22(24)30)29-7-6-16-4-2-3-5-17(16)15-29/h12-14,16-17H,2-11,15H2,1H3,(H3,24,26,30)/t16-,17+/m0/s1. The summed E-state index contributed by atoms with van der Waals surface area (Å²) in [5.74, 6) is 1.35. The van der Waals surface area contributed by atoms with Gasteiger partial charge in [0.25, 0.3) is 0 Å². The van der Waals surface area contributed by atoms with E-state index in [-0.39, 0.29) is 10.9 Å². The van der Waals surface area contributed by atoms with E-state index in [9.17, 15) is 0 Å². The van der Waals surface area contributed by atoms with Crippen molar-refractivity contribution >= 4 is 34.9 Å². The summed E-state index contributed by atoms with van der Waals surface area (Å²) >= 11 is 4.82. The van der Waals surface area contributed by atoms with Gasteiger partial charge in [-0.05, 0) is 56.1 Å². The number of anilines is 2. The zero-order valence-electron chi connectivity index (χ0n) is 17.8. The highest BCUT2D eigenvalue weighted by atomic mass is 32.1. The van der Waals surface area contributed by atoms with Gasteiger partial charge in [-0.2, -0.15) is 5.10 Å². The Balaban J connectivity index is 1.61. The molecule has 0 spiro atoms. The van der Waals surface area contributed by atoms with Gasteiger partial charge in [0.1, 0.15) is 5.82 Å². The van der Waals surface area contributed by atoms with Gasteiger partial charge >= 0.3 is 0 Å². The first-order valence-corrected chi connectivity index (χ1v) is 11.5. The van der Waals surface area contributed by atoms with Crippen LogP contribution in [0.4, 0.5) is 15.8 Å². The fraction of sp³-hybridized carbons (Fsp3) is 0.636. The lowest BCUT2D eigenvalue weighted by Gasteiger charge is -2.43. The first kappa shape index (κ1) is 21.3. The molecule has 3 aliphatic rings. The minimum Gasteiger partial charge on any atom is -0.375 e. The number of benzene rings is 1. The maximum absolute atomic E-state index is 15.3. The monoisotopic (exact) mass is 432 g/mol. The fourth-order valence-electron chi connectivity index (χ4n) is 5.22. The zero-order chi connectivity index (χ0) is 21.1. The van der Waals surface area contributed by atoms with Crippen molar-refractivity contribution in [2.75, 3.05) is 56.1 Å². The summed E-state index contributed by atoms with van der Waals surface area (Å²) in [5.41, 5.74) is 10.5. The van der Waals surface area contributed by atoms with Crippen molar-refractivity contribution in [3.05, 3.63) is 23.5 Å². The van der Waals surface area contributed by atoms with Gasteiger partial charge in [0.05, 0.1) is 11.9 Å². The second-order valence-electron chi connectivity index (χ2n) is 8.93. The number of hydrogen-bond donors (Lipinski definition) is 2. The molecule has 1 aromatic carbocycles. The molecule has 164 valence electrons. The summed E-state index contributed by atoms with van der Waals surface area (Å²) < 4.78 is 15.3. The van der Waals surface area contributed by atoms with E-state index in [1.165, 1.54) is 32.1 Å². The highest BCUT2D eigenvalue weighted by molar-refractivity contribution is 7.80. The van der Waals surface area contributed by atoms with E-state index in [2.05, 4.69) is 32.3 Å². The van der Waals surface area contributed by atoms with Gasteiger partial charge in [-0.15, -0.1) is 0 Å². The lowest BCUT2D eigenvalue weighted by atomic mass is 9.75. The maximum Gasteiger partial charge on any atom is 0.184 e. The number of likely N-dealkylation sites (N-methyl/N-ethyl adjacent to an activating group) is 1. The number of nitrogens with one attached hydrogen (secondary N) is 1. The highest BCUT2D eigenvalue weighted by Gasteiger charge is 2.32. The van der Waals surface area contributed by atoms with Gasteiger partial charge in [-0.3, -0.25) is 5.43 Å². The predicted octanol–water partition coefficient (Wildman–Crippen LogP) is 2.76. The Hall–Kier alpha value is -1.93. The average molecular weight is 433 g/mol. The maximum atomic E-state index is 15.3. The summed E-state index contributed by atoms with van der Waals surface area (Å²) in [6.07, 6.45) is 8.09. The van der Waals surface area contributed by atoms with Crippen LogP contribution in [0.1, 0.15) is 37.7 Å². The van der Waals surface area contributed by atoms with Crippen LogP contribution >= 0.6 is 12.2 Å². The number of thiocarbonyl (C=S) groups is 1. The molecule has 0 amide bonds. The van der Waals surface area contributed by atoms with Crippen LogP contribution in [0.2, 0.25) is 0 Å². The van der Waals surface area contributed by atoms with E-state index >= 15 is 4.39 Å². The van der Waals surface area contributed by atoms with Crippen LogP contribution in [-0.2, 0) is 0 Å². The molecule has 1 aliphatic carbocycles. The molecule has 2 saturated heterocycles. The van der Waals surface area contributed by atoms with Crippen molar-refractivity contribution in [2.24, 2.45) is 22.7 Å². The third-order valence-electron chi connectivity index (χ3n) is 6.95. The topological polar surface area (TPSA) is 60.1 Å². The highest BCUT2D eigenvalue weighted by Crippen LogP contribution is 2.39. The first-order chi connectivity index (χ1) is 14.5. The van der Waals surface area contributed by atoms with Gasteiger partial charge in [0.15, 0.2) is 5.11 Å². The van der Waals surface area contributed by atoms with Crippen LogP contribution in [0.3, 0.4) is 0 Å². The van der Waals surface area contributed by atoms with E-state index in [4.69, 9.17) is 18.0 Å². The number of hydrazone groups is 1. The van der Waals surface area contributed by atoms with E-state index in [0.29, 0.717) is 5.92 Å². The Morgan fingerprint density at radius 3 is 2.53 bits per heavy atom. The number of halogens is 1. The second-order valence-corrected chi connectivity index (χ2v) is 9.37. The molecule has 2 aliphatic heterocycles. The summed E-state index contributed by atoms with van der Waals surface area (Å²) in [4.78, 5) is 6.92. The van der Waals surface area contributed by atoms with Crippen molar-refractivity contribution < 1.29 is 4.39 Å². The summed E-state index contributed by atoms with van der Waals surface area (Å²) in [6.45, 7) is 5.71. The van der Waals surface area contributed by atoms with E-state index < -0.39 is 0 Å². The van der Waals surface area contributed by atoms with Gasteiger partial charge in [0.2, 0.25) is 0 Å². The Labute approximate surface area is 184 Å². The molecule has 2 heterocycles. The van der Waals surface area contributed by atoms with Crippen molar-refractivity contribution in [2.45, 2.75) is 32.1 Å². The molecular weight excluding hydrogens is 399 g/mol. The fourth-order valence-corrected chi connectivity index (χ4v) is 5.27. The van der Waals surface area contributed by atoms with Crippen LogP contribution in [-0.4, -0.2) is 62.5 Å². The number of piperidine rings is 1. The second kappa shape index (κ2) is 9.47. The van der Waals surface area contributed by atoms with Crippen molar-refractivity contribution in [3.63, 3.8) is 0 Å². The van der Waals surface area contributed by atoms with Crippen molar-refractivity contribution in [1.82, 2.24) is 10.3 Å². The van der Waals surface area contributed by atoms with Crippen LogP contribution in [0.15, 0.2) is 17.2 Å². The molecule has 6 nitrogen and oxygen atoms in total. The Kier molecular flexibility index (Phi) is 6.73. The average Bonchev–Trinajstić information content (AvgIpc) is 2.74. The quantitative estimate of drug-likeness (QED) is 0.433. The normalized spacial score (nSPS) is 25.4. The molecule has 1 saturated carbocycles. The molecule has 0 unspecified atom stereocenters. The van der Waals surface area contributed by atoms with Crippen LogP contribution in [0, 0.1) is 17.7 Å². The molecule has 0 bridgehead atoms. The Morgan fingerprint density at radius 1 is 1.07 bits per heavy atom. The van der Waals surface area contributed by atoms with Crippen LogP contribution in [0.5, 0.6) is 0 Å². The van der Waals surface area contributed by atoms with E-state index in [1.54, 1.807) is 12.3 Å². The smallest absolute Gasteiger partial charge is 0.184 e. The molecule has 0 radical (unpaired) electrons. The Morgan fingerprint density at radius 2 is 1.80 bits per heavy atom. The number of nitrogens with zero attached hydrogens (tertiary/aromatic N) is 4. The number of fused-ring (bicyclic) bond motifs is 1. The number of nitrogens with two attached hydrogens (primary N) is 1. The summed E-state index contributed by atoms with van der Waals surface area (Å²) in [7, 11) is 2.14. The number of rotatable bonds is 4. The zero-order valence-corrected chi connectivity index (χ0v) is 18.6. The minimum atomic E-state index is -0.182. The third kappa shape index (κ3) is 4.86. The molecule has 2 atom stereocenters. The predicted molar refractivity (Wildman–Crippen MR) is 126 cm³/mol. The number of hydrogen-bond acceptors (Lipinski definition) is 5. The molecule has 1 aromatic rings. The molecule has 3 fully saturated rings. The molecule has 30 heavy (non-hydrogen) atoms. The number of piperazine rings is 1. The van der Waals surface area contributed by atoms with E-state index in [0.717, 1.165) is 62.1 Å². The largest absolute Gasteiger partial charge is 0.375 e. The van der Waals surface area contributed by atoms with Crippen molar-refractivity contribution in [3.8, 4) is 0 Å². The molecular formula is C22H33FN6S. The summed E-state index contributed by atoms with van der Waals surface area (Å²) in [6, 6.07) is 3.65. The molecule has 8 heteroatoms. The van der Waals surface area contributed by atoms with Crippen molar-refractivity contribution in [1.29, 1.82) is 0 Å². The van der Waals surface area contributed by atoms with Gasteiger partial charge < -0.3 is 20.4 Å². The SMILES string of the molecule is CN1CCN(c2cc(N3CC[C@@H]4CCCC[C@@H]4C3)c(F)cc2C=NNC(N)=S)CC1. The van der Waals surface area contributed by atoms with Gasteiger partial charge in [0, 0.05) is 50.5 Å². The molecule has 4 rings (SSSR count). The van der Waals surface area contributed by atoms with Gasteiger partial charge in [-0.1, -0.05) is 19.3 Å². The first-order valence-electron chi connectivity index (χ1n) is 11.1.